The van der Waals surface area contributed by atoms with Crippen LogP contribution < -0.4 is 0 Å². The second kappa shape index (κ2) is 10.8. The van der Waals surface area contributed by atoms with Crippen molar-refractivity contribution in [2.24, 2.45) is 5.92 Å². The maximum atomic E-state index is 14.9. The summed E-state index contributed by atoms with van der Waals surface area (Å²) in [5.41, 5.74) is 3.02. The van der Waals surface area contributed by atoms with E-state index in [0.29, 0.717) is 41.5 Å². The number of hydrogen-bond acceptors (Lipinski definition) is 3. The summed E-state index contributed by atoms with van der Waals surface area (Å²) in [6, 6.07) is 11.3. The van der Waals surface area contributed by atoms with Gasteiger partial charge in [0.05, 0.1) is 21.4 Å². The molecular formula is C30H34Cl2F2N4O. The maximum Gasteiger partial charge on any atom is 0.226 e. The Morgan fingerprint density at radius 1 is 1.03 bits per heavy atom. The Morgan fingerprint density at radius 3 is 2.38 bits per heavy atom. The van der Waals surface area contributed by atoms with Crippen LogP contribution in [0.15, 0.2) is 42.5 Å². The highest BCUT2D eigenvalue weighted by Crippen LogP contribution is 2.49. The molecule has 2 aromatic carbocycles. The zero-order chi connectivity index (χ0) is 28.1. The summed E-state index contributed by atoms with van der Waals surface area (Å²) in [6.07, 6.45) is 2.86. The van der Waals surface area contributed by atoms with Crippen LogP contribution in [0, 0.1) is 24.5 Å². The van der Waals surface area contributed by atoms with E-state index < -0.39 is 11.6 Å². The molecule has 1 unspecified atom stereocenters. The molecule has 39 heavy (non-hydrogen) atoms. The van der Waals surface area contributed by atoms with E-state index in [9.17, 15) is 13.6 Å². The van der Waals surface area contributed by atoms with Gasteiger partial charge in [0, 0.05) is 48.1 Å². The van der Waals surface area contributed by atoms with Crippen LogP contribution in [-0.2, 0) is 4.79 Å². The zero-order valence-corrected chi connectivity index (χ0v) is 24.2. The molecule has 0 N–H and O–H groups in total. The summed E-state index contributed by atoms with van der Waals surface area (Å²) in [5.74, 6) is -1.57. The number of halogens is 4. The van der Waals surface area contributed by atoms with Gasteiger partial charge in [-0.2, -0.15) is 5.10 Å². The SMILES string of the molecule is Cc1cc(C2CCN(C(=O)[C@@H]3CC(C)(N(C)C)C[C@H]3c3ccc(F)cc3F)CC2)n(-c2ccc(Cl)c(Cl)c2)n1. The fraction of sp³-hybridized carbons (Fsp3) is 0.467. The van der Waals surface area contributed by atoms with Crippen molar-refractivity contribution in [1.82, 2.24) is 19.6 Å². The molecule has 0 spiro atoms. The van der Waals surface area contributed by atoms with Gasteiger partial charge in [0.25, 0.3) is 0 Å². The highest BCUT2D eigenvalue weighted by molar-refractivity contribution is 6.42. The lowest BCUT2D eigenvalue weighted by molar-refractivity contribution is -0.137. The van der Waals surface area contributed by atoms with Gasteiger partial charge in [-0.15, -0.1) is 0 Å². The van der Waals surface area contributed by atoms with E-state index in [1.165, 1.54) is 12.1 Å². The lowest BCUT2D eigenvalue weighted by Gasteiger charge is -2.35. The minimum absolute atomic E-state index is 0.0573. The van der Waals surface area contributed by atoms with Crippen molar-refractivity contribution >= 4 is 29.1 Å². The van der Waals surface area contributed by atoms with Crippen molar-refractivity contribution in [3.8, 4) is 5.69 Å². The van der Waals surface area contributed by atoms with Crippen molar-refractivity contribution in [2.75, 3.05) is 27.2 Å². The van der Waals surface area contributed by atoms with Crippen molar-refractivity contribution in [3.05, 3.63) is 81.1 Å². The number of aryl methyl sites for hydroxylation is 1. The number of amides is 1. The first-order chi connectivity index (χ1) is 18.5. The van der Waals surface area contributed by atoms with Crippen molar-refractivity contribution in [3.63, 3.8) is 0 Å². The highest BCUT2D eigenvalue weighted by Gasteiger charge is 2.49. The Balaban J connectivity index is 1.35. The molecule has 3 atom stereocenters. The molecule has 1 saturated carbocycles. The normalized spacial score (nSPS) is 24.1. The lowest BCUT2D eigenvalue weighted by Crippen LogP contribution is -2.43. The molecule has 208 valence electrons. The molecule has 5 rings (SSSR count). The molecule has 2 aliphatic rings. The number of piperidine rings is 1. The van der Waals surface area contributed by atoms with Gasteiger partial charge < -0.3 is 9.80 Å². The van der Waals surface area contributed by atoms with Gasteiger partial charge in [0.1, 0.15) is 11.6 Å². The molecule has 1 aliphatic heterocycles. The molecule has 1 amide bonds. The van der Waals surface area contributed by atoms with Gasteiger partial charge in [-0.1, -0.05) is 29.3 Å². The number of rotatable bonds is 5. The Morgan fingerprint density at radius 2 is 1.74 bits per heavy atom. The Bertz CT molecular complexity index is 1390. The van der Waals surface area contributed by atoms with Gasteiger partial charge in [0.15, 0.2) is 0 Å². The molecule has 2 heterocycles. The number of benzene rings is 2. The van der Waals surface area contributed by atoms with Gasteiger partial charge in [-0.25, -0.2) is 13.5 Å². The minimum Gasteiger partial charge on any atom is -0.342 e. The number of likely N-dealkylation sites (tertiary alicyclic amines) is 1. The number of nitrogens with zero attached hydrogens (tertiary/aromatic N) is 4. The molecule has 2 fully saturated rings. The third-order valence-corrected chi connectivity index (χ3v) is 9.53. The summed E-state index contributed by atoms with van der Waals surface area (Å²) in [7, 11) is 3.99. The van der Waals surface area contributed by atoms with Crippen LogP contribution in [-0.4, -0.2) is 58.2 Å². The average Bonchev–Trinajstić information content (AvgIpc) is 3.46. The van der Waals surface area contributed by atoms with Crippen molar-refractivity contribution in [1.29, 1.82) is 0 Å². The topological polar surface area (TPSA) is 41.4 Å². The minimum atomic E-state index is -0.607. The average molecular weight is 576 g/mol. The van der Waals surface area contributed by atoms with Crippen LogP contribution in [0.2, 0.25) is 10.0 Å². The summed E-state index contributed by atoms with van der Waals surface area (Å²) in [6.45, 7) is 5.31. The quantitative estimate of drug-likeness (QED) is 0.330. The molecule has 0 bridgehead atoms. The first-order valence-electron chi connectivity index (χ1n) is 13.4. The Labute approximate surface area is 238 Å². The predicted octanol–water partition coefficient (Wildman–Crippen LogP) is 6.99. The third kappa shape index (κ3) is 5.46. The number of carbonyl (C=O) groups excluding carboxylic acids is 1. The summed E-state index contributed by atoms with van der Waals surface area (Å²) in [4.78, 5) is 18.0. The monoisotopic (exact) mass is 574 g/mol. The van der Waals surface area contributed by atoms with E-state index in [1.807, 2.05) is 42.7 Å². The fourth-order valence-electron chi connectivity index (χ4n) is 6.33. The lowest BCUT2D eigenvalue weighted by atomic mass is 9.86. The first kappa shape index (κ1) is 28.1. The van der Waals surface area contributed by atoms with Crippen molar-refractivity contribution in [2.45, 2.75) is 56.9 Å². The molecule has 9 heteroatoms. The standard InChI is InChI=1S/C30H34Cl2F2N4O/c1-18-13-28(38(35-18)21-6-8-25(31)26(32)15-21)19-9-11-37(12-10-19)29(39)24-17-30(2,36(3)4)16-23(24)22-7-5-20(33)14-27(22)34/h5-8,13-15,19,23-24H,9-12,16-17H2,1-4H3/t23-,24+,30?/m0/s1. The van der Waals surface area contributed by atoms with Crippen LogP contribution in [0.1, 0.15) is 61.4 Å². The van der Waals surface area contributed by atoms with E-state index >= 15 is 0 Å². The number of aromatic nitrogens is 2. The molecule has 1 aliphatic carbocycles. The zero-order valence-electron chi connectivity index (χ0n) is 22.7. The summed E-state index contributed by atoms with van der Waals surface area (Å²) >= 11 is 12.4. The molecule has 3 aromatic rings. The predicted molar refractivity (Wildman–Crippen MR) is 151 cm³/mol. The van der Waals surface area contributed by atoms with E-state index in [0.717, 1.165) is 36.0 Å². The number of carbonyl (C=O) groups is 1. The van der Waals surface area contributed by atoms with Gasteiger partial charge in [-0.05, 0) is 89.5 Å². The van der Waals surface area contributed by atoms with E-state index in [-0.39, 0.29) is 29.2 Å². The smallest absolute Gasteiger partial charge is 0.226 e. The van der Waals surface area contributed by atoms with Crippen molar-refractivity contribution < 1.29 is 13.6 Å². The van der Waals surface area contributed by atoms with Crippen LogP contribution in [0.3, 0.4) is 0 Å². The van der Waals surface area contributed by atoms with Crippen LogP contribution in [0.4, 0.5) is 8.78 Å². The largest absolute Gasteiger partial charge is 0.342 e. The maximum absolute atomic E-state index is 14.9. The molecular weight excluding hydrogens is 541 g/mol. The summed E-state index contributed by atoms with van der Waals surface area (Å²) < 4.78 is 30.5. The second-order valence-electron chi connectivity index (χ2n) is 11.5. The van der Waals surface area contributed by atoms with E-state index in [4.69, 9.17) is 28.3 Å². The fourth-order valence-corrected chi connectivity index (χ4v) is 6.63. The van der Waals surface area contributed by atoms with Crippen LogP contribution in [0.5, 0.6) is 0 Å². The van der Waals surface area contributed by atoms with E-state index in [2.05, 4.69) is 17.9 Å². The van der Waals surface area contributed by atoms with Gasteiger partial charge in [0.2, 0.25) is 5.91 Å². The van der Waals surface area contributed by atoms with Crippen LogP contribution in [0.25, 0.3) is 5.69 Å². The number of hydrogen-bond donors (Lipinski definition) is 0. The molecule has 5 nitrogen and oxygen atoms in total. The second-order valence-corrected chi connectivity index (χ2v) is 12.3. The van der Waals surface area contributed by atoms with Gasteiger partial charge in [-0.3, -0.25) is 4.79 Å². The Kier molecular flexibility index (Phi) is 7.79. The molecule has 1 aromatic heterocycles. The van der Waals surface area contributed by atoms with Crippen LogP contribution >= 0.6 is 23.2 Å². The Hall–Kier alpha value is -2.48. The third-order valence-electron chi connectivity index (χ3n) is 8.80. The van der Waals surface area contributed by atoms with E-state index in [1.54, 1.807) is 6.07 Å². The first-order valence-corrected chi connectivity index (χ1v) is 14.2. The summed E-state index contributed by atoms with van der Waals surface area (Å²) in [5, 5.41) is 5.67. The highest BCUT2D eigenvalue weighted by atomic mass is 35.5. The van der Waals surface area contributed by atoms with Gasteiger partial charge >= 0.3 is 0 Å². The molecule has 0 radical (unpaired) electrons. The molecule has 1 saturated heterocycles.